The van der Waals surface area contributed by atoms with Crippen molar-refractivity contribution >= 4 is 42.9 Å². The van der Waals surface area contributed by atoms with Gasteiger partial charge in [0.25, 0.3) is 9.05 Å². The zero-order chi connectivity index (χ0) is 15.6. The van der Waals surface area contributed by atoms with E-state index in [2.05, 4.69) is 4.90 Å². The van der Waals surface area contributed by atoms with Crippen molar-refractivity contribution in [2.75, 3.05) is 33.4 Å². The van der Waals surface area contributed by atoms with Crippen LogP contribution in [0.3, 0.4) is 0 Å². The summed E-state index contributed by atoms with van der Waals surface area (Å²) < 4.78 is 33.7. The van der Waals surface area contributed by atoms with Crippen LogP contribution < -0.4 is 4.74 Å². The third-order valence-electron chi connectivity index (χ3n) is 3.01. The van der Waals surface area contributed by atoms with Crippen LogP contribution in [-0.4, -0.2) is 52.8 Å². The smallest absolute Gasteiger partial charge is 0.261 e. The molecule has 0 saturated carbocycles. The van der Waals surface area contributed by atoms with Gasteiger partial charge >= 0.3 is 0 Å². The van der Waals surface area contributed by atoms with E-state index < -0.39 is 9.05 Å². The molecule has 1 aromatic carbocycles. The van der Waals surface area contributed by atoms with E-state index in [0.717, 1.165) is 13.1 Å². The van der Waals surface area contributed by atoms with Crippen LogP contribution in [0.5, 0.6) is 5.75 Å². The molecule has 1 aliphatic heterocycles. The van der Waals surface area contributed by atoms with Crippen molar-refractivity contribution in [3.8, 4) is 5.75 Å². The van der Waals surface area contributed by atoms with Gasteiger partial charge in [-0.15, -0.1) is 0 Å². The molecule has 9 heteroatoms. The van der Waals surface area contributed by atoms with Crippen molar-refractivity contribution in [3.05, 3.63) is 22.2 Å². The van der Waals surface area contributed by atoms with Gasteiger partial charge in [0.05, 0.1) is 21.5 Å². The first kappa shape index (κ1) is 17.1. The summed E-state index contributed by atoms with van der Waals surface area (Å²) in [6.45, 7) is 2.52. The van der Waals surface area contributed by atoms with Gasteiger partial charge in [-0.25, -0.2) is 8.42 Å². The van der Waals surface area contributed by atoms with Crippen molar-refractivity contribution in [1.29, 1.82) is 0 Å². The van der Waals surface area contributed by atoms with Gasteiger partial charge in [-0.1, -0.05) is 23.2 Å². The summed E-state index contributed by atoms with van der Waals surface area (Å²) in [5.74, 6) is 0.222. The van der Waals surface area contributed by atoms with Crippen LogP contribution >= 0.6 is 33.9 Å². The lowest BCUT2D eigenvalue weighted by Gasteiger charge is -2.30. The van der Waals surface area contributed by atoms with Crippen molar-refractivity contribution in [2.24, 2.45) is 0 Å². The minimum atomic E-state index is -3.89. The molecule has 1 atom stereocenters. The van der Waals surface area contributed by atoms with Gasteiger partial charge in [-0.2, -0.15) is 0 Å². The Balaban J connectivity index is 2.10. The average Bonchev–Trinajstić information content (AvgIpc) is 2.36. The highest BCUT2D eigenvalue weighted by atomic mass is 35.7. The third-order valence-corrected chi connectivity index (χ3v) is 4.90. The average molecular weight is 375 g/mol. The Labute approximate surface area is 138 Å². The maximum absolute atomic E-state index is 11.3. The fourth-order valence-corrected chi connectivity index (χ4v) is 3.47. The van der Waals surface area contributed by atoms with Crippen molar-refractivity contribution in [2.45, 2.75) is 11.0 Å². The fraction of sp³-hybridized carbons (Fsp3) is 0.500. The van der Waals surface area contributed by atoms with Gasteiger partial charge in [0.2, 0.25) is 0 Å². The van der Waals surface area contributed by atoms with E-state index in [1.165, 1.54) is 12.1 Å². The normalized spacial score (nSPS) is 20.5. The Bertz CT molecular complexity index is 600. The summed E-state index contributed by atoms with van der Waals surface area (Å²) >= 11 is 12.0. The van der Waals surface area contributed by atoms with E-state index in [-0.39, 0.29) is 33.4 Å². The van der Waals surface area contributed by atoms with E-state index in [4.69, 9.17) is 43.4 Å². The van der Waals surface area contributed by atoms with Gasteiger partial charge < -0.3 is 14.4 Å². The molecular weight excluding hydrogens is 361 g/mol. The first-order chi connectivity index (χ1) is 9.77. The Morgan fingerprint density at radius 2 is 2.00 bits per heavy atom. The van der Waals surface area contributed by atoms with Crippen LogP contribution in [0.25, 0.3) is 0 Å². The molecule has 0 radical (unpaired) electrons. The Morgan fingerprint density at radius 3 is 2.52 bits per heavy atom. The largest absolute Gasteiger partial charge is 0.488 e. The predicted molar refractivity (Wildman–Crippen MR) is 82.2 cm³/mol. The van der Waals surface area contributed by atoms with Gasteiger partial charge in [-0.05, 0) is 19.2 Å². The summed E-state index contributed by atoms with van der Waals surface area (Å²) in [6.07, 6.45) is -0.0904. The minimum absolute atomic E-state index is 0.0888. The number of benzene rings is 1. The number of hydrogen-bond donors (Lipinski definition) is 0. The molecule has 1 aromatic rings. The maximum atomic E-state index is 11.3. The molecule has 0 spiro atoms. The highest BCUT2D eigenvalue weighted by Gasteiger charge is 2.21. The summed E-state index contributed by atoms with van der Waals surface area (Å²) in [5, 5.41) is 0.178. The van der Waals surface area contributed by atoms with Crippen LogP contribution in [0.2, 0.25) is 10.0 Å². The van der Waals surface area contributed by atoms with E-state index in [9.17, 15) is 8.42 Å². The van der Waals surface area contributed by atoms with Crippen molar-refractivity contribution in [3.63, 3.8) is 0 Å². The first-order valence-corrected chi connectivity index (χ1v) is 9.20. The zero-order valence-corrected chi connectivity index (χ0v) is 14.3. The second kappa shape index (κ2) is 6.89. The Kier molecular flexibility index (Phi) is 5.62. The molecular formula is C12H14Cl3NO4S. The molecule has 0 aliphatic carbocycles. The van der Waals surface area contributed by atoms with E-state index >= 15 is 0 Å². The van der Waals surface area contributed by atoms with Gasteiger partial charge in [-0.3, -0.25) is 0 Å². The molecule has 0 N–H and O–H groups in total. The molecule has 118 valence electrons. The van der Waals surface area contributed by atoms with Crippen LogP contribution in [0.1, 0.15) is 0 Å². The molecule has 2 rings (SSSR count). The van der Waals surface area contributed by atoms with Crippen LogP contribution in [0.15, 0.2) is 17.0 Å². The summed E-state index contributed by atoms with van der Waals surface area (Å²) in [7, 11) is 3.36. The monoisotopic (exact) mass is 373 g/mol. The Morgan fingerprint density at radius 1 is 1.38 bits per heavy atom. The summed E-state index contributed by atoms with van der Waals surface area (Å²) in [6, 6.07) is 2.41. The van der Waals surface area contributed by atoms with E-state index in [0.29, 0.717) is 6.61 Å². The number of nitrogens with zero attached hydrogens (tertiary/aromatic N) is 1. The molecule has 1 saturated heterocycles. The lowest BCUT2D eigenvalue weighted by molar-refractivity contribution is -0.0403. The summed E-state index contributed by atoms with van der Waals surface area (Å²) in [5.41, 5.74) is 0. The summed E-state index contributed by atoms with van der Waals surface area (Å²) in [4.78, 5) is 1.96. The van der Waals surface area contributed by atoms with Crippen LogP contribution in [0, 0.1) is 0 Å². The highest BCUT2D eigenvalue weighted by Crippen LogP contribution is 2.36. The number of halogens is 3. The molecule has 1 fully saturated rings. The number of morpholine rings is 1. The van der Waals surface area contributed by atoms with Gasteiger partial charge in [0.1, 0.15) is 12.7 Å². The molecule has 0 amide bonds. The zero-order valence-electron chi connectivity index (χ0n) is 11.2. The quantitative estimate of drug-likeness (QED) is 0.758. The second-order valence-electron chi connectivity index (χ2n) is 4.72. The number of hydrogen-bond acceptors (Lipinski definition) is 5. The van der Waals surface area contributed by atoms with Crippen LogP contribution in [-0.2, 0) is 13.8 Å². The predicted octanol–water partition coefficient (Wildman–Crippen LogP) is 2.63. The van der Waals surface area contributed by atoms with Gasteiger partial charge in [0, 0.05) is 23.8 Å². The maximum Gasteiger partial charge on any atom is 0.261 e. The van der Waals surface area contributed by atoms with E-state index in [1.807, 2.05) is 7.05 Å². The number of ether oxygens (including phenoxy) is 2. The molecule has 21 heavy (non-hydrogen) atoms. The highest BCUT2D eigenvalue weighted by molar-refractivity contribution is 8.13. The van der Waals surface area contributed by atoms with Crippen molar-refractivity contribution in [1.82, 2.24) is 4.90 Å². The lowest BCUT2D eigenvalue weighted by Crippen LogP contribution is -2.42. The van der Waals surface area contributed by atoms with Crippen molar-refractivity contribution < 1.29 is 17.9 Å². The molecule has 1 heterocycles. The third kappa shape index (κ3) is 4.61. The molecule has 0 aromatic heterocycles. The standard InChI is InChI=1S/C12H14Cl3NO4S/c1-16-2-3-19-8(6-16)7-20-12-10(13)4-9(5-11(12)14)21(15,17)18/h4-5,8H,2-3,6-7H2,1H3. The first-order valence-electron chi connectivity index (χ1n) is 6.14. The minimum Gasteiger partial charge on any atom is -0.488 e. The molecule has 1 aliphatic rings. The molecule has 5 nitrogen and oxygen atoms in total. The molecule has 0 bridgehead atoms. The van der Waals surface area contributed by atoms with E-state index in [1.54, 1.807) is 0 Å². The van der Waals surface area contributed by atoms with Crippen LogP contribution in [0.4, 0.5) is 0 Å². The molecule has 1 unspecified atom stereocenters. The van der Waals surface area contributed by atoms with Gasteiger partial charge in [0.15, 0.2) is 5.75 Å². The number of likely N-dealkylation sites (N-methyl/N-ethyl adjacent to an activating group) is 1. The topological polar surface area (TPSA) is 55.8 Å². The second-order valence-corrected chi connectivity index (χ2v) is 8.10. The number of rotatable bonds is 4. The Hall–Kier alpha value is -0.240. The lowest BCUT2D eigenvalue weighted by atomic mass is 10.3. The SMILES string of the molecule is CN1CCOC(COc2c(Cl)cc(S(=O)(=O)Cl)cc2Cl)C1. The fourth-order valence-electron chi connectivity index (χ4n) is 1.96.